The molecule has 0 bridgehead atoms. The summed E-state index contributed by atoms with van der Waals surface area (Å²) in [6.45, 7) is 5.59. The van der Waals surface area contributed by atoms with E-state index in [2.05, 4.69) is 13.5 Å². The Balaban J connectivity index is 1.95. The van der Waals surface area contributed by atoms with Crippen molar-refractivity contribution in [3.63, 3.8) is 0 Å². The van der Waals surface area contributed by atoms with Crippen LogP contribution in [0.25, 0.3) is 11.1 Å². The van der Waals surface area contributed by atoms with E-state index in [-0.39, 0.29) is 29.4 Å². The molecule has 1 saturated carbocycles. The lowest BCUT2D eigenvalue weighted by atomic mass is 9.79. The molecule has 1 fully saturated rings. The Hall–Kier alpha value is -2.30. The summed E-state index contributed by atoms with van der Waals surface area (Å²) in [5.74, 6) is -4.38. The molecular weight excluding hydrogens is 356 g/mol. The summed E-state index contributed by atoms with van der Waals surface area (Å²) >= 11 is 0. The Morgan fingerprint density at radius 1 is 0.889 bits per heavy atom. The molecule has 1 aliphatic rings. The molecule has 27 heavy (non-hydrogen) atoms. The van der Waals surface area contributed by atoms with Crippen molar-refractivity contribution >= 4 is 0 Å². The molecule has 2 aromatic carbocycles. The smallest absolute Gasteiger partial charge is 0.201 e. The standard InChI is InChI=1S/C22H22F4O/c1-3-12-27-18-11-10-17(21(25)22(18)26)16-9-8-15(19(23)20(16)24)14-6-4-13(2)5-7-14/h3,8-11,13-14H,1,4-7,12H2,2H3. The van der Waals surface area contributed by atoms with Crippen LogP contribution in [0.4, 0.5) is 17.6 Å². The van der Waals surface area contributed by atoms with Crippen LogP contribution in [0.1, 0.15) is 44.1 Å². The zero-order chi connectivity index (χ0) is 19.6. The molecule has 1 nitrogen and oxygen atoms in total. The Labute approximate surface area is 156 Å². The minimum atomic E-state index is -1.27. The number of benzene rings is 2. The maximum atomic E-state index is 14.7. The monoisotopic (exact) mass is 378 g/mol. The van der Waals surface area contributed by atoms with Crippen LogP contribution in [0, 0.1) is 29.2 Å². The highest BCUT2D eigenvalue weighted by Crippen LogP contribution is 2.39. The maximum Gasteiger partial charge on any atom is 0.201 e. The van der Waals surface area contributed by atoms with E-state index < -0.39 is 23.3 Å². The van der Waals surface area contributed by atoms with Gasteiger partial charge in [-0.15, -0.1) is 0 Å². The average molecular weight is 378 g/mol. The third kappa shape index (κ3) is 3.87. The highest BCUT2D eigenvalue weighted by atomic mass is 19.2. The van der Waals surface area contributed by atoms with E-state index in [1.165, 1.54) is 30.3 Å². The van der Waals surface area contributed by atoms with E-state index in [0.717, 1.165) is 25.7 Å². The van der Waals surface area contributed by atoms with Crippen molar-refractivity contribution in [2.24, 2.45) is 5.92 Å². The van der Waals surface area contributed by atoms with Gasteiger partial charge in [0.25, 0.3) is 0 Å². The second kappa shape index (κ2) is 8.15. The molecule has 1 aliphatic carbocycles. The van der Waals surface area contributed by atoms with Crippen molar-refractivity contribution in [2.75, 3.05) is 6.61 Å². The van der Waals surface area contributed by atoms with Gasteiger partial charge < -0.3 is 4.74 Å². The second-order valence-electron chi connectivity index (χ2n) is 7.13. The van der Waals surface area contributed by atoms with Crippen LogP contribution in [0.2, 0.25) is 0 Å². The van der Waals surface area contributed by atoms with Crippen LogP contribution in [-0.4, -0.2) is 6.61 Å². The fourth-order valence-corrected chi connectivity index (χ4v) is 3.66. The summed E-state index contributed by atoms with van der Waals surface area (Å²) in [6.07, 6.45) is 4.94. The number of hydrogen-bond donors (Lipinski definition) is 0. The van der Waals surface area contributed by atoms with Gasteiger partial charge in [0.15, 0.2) is 23.2 Å². The minimum absolute atomic E-state index is 0.00734. The summed E-state index contributed by atoms with van der Waals surface area (Å²) in [5, 5.41) is 0. The SMILES string of the molecule is C=CCOc1ccc(-c2ccc(C3CCC(C)CC3)c(F)c2F)c(F)c1F. The third-order valence-corrected chi connectivity index (χ3v) is 5.26. The zero-order valence-electron chi connectivity index (χ0n) is 15.2. The van der Waals surface area contributed by atoms with E-state index >= 15 is 0 Å². The number of hydrogen-bond acceptors (Lipinski definition) is 1. The Morgan fingerprint density at radius 2 is 1.48 bits per heavy atom. The zero-order valence-corrected chi connectivity index (χ0v) is 15.2. The Morgan fingerprint density at radius 3 is 2.11 bits per heavy atom. The van der Waals surface area contributed by atoms with Gasteiger partial charge in [-0.05, 0) is 42.4 Å². The molecule has 3 rings (SSSR count). The van der Waals surface area contributed by atoms with Crippen LogP contribution < -0.4 is 4.74 Å². The molecule has 0 N–H and O–H groups in total. The van der Waals surface area contributed by atoms with Crippen molar-refractivity contribution in [3.05, 3.63) is 65.8 Å². The summed E-state index contributed by atoms with van der Waals surface area (Å²) < 4.78 is 63.0. The van der Waals surface area contributed by atoms with Gasteiger partial charge in [0.05, 0.1) is 0 Å². The van der Waals surface area contributed by atoms with Crippen LogP contribution >= 0.6 is 0 Å². The van der Waals surface area contributed by atoms with Gasteiger partial charge in [0.1, 0.15) is 6.61 Å². The van der Waals surface area contributed by atoms with E-state index in [1.54, 1.807) is 0 Å². The van der Waals surface area contributed by atoms with Gasteiger partial charge in [-0.3, -0.25) is 0 Å². The van der Waals surface area contributed by atoms with Crippen molar-refractivity contribution in [3.8, 4) is 16.9 Å². The molecule has 0 unspecified atom stereocenters. The molecule has 5 heteroatoms. The first-order valence-corrected chi connectivity index (χ1v) is 9.14. The van der Waals surface area contributed by atoms with Crippen molar-refractivity contribution < 1.29 is 22.3 Å². The van der Waals surface area contributed by atoms with Gasteiger partial charge >= 0.3 is 0 Å². The molecule has 144 valence electrons. The average Bonchev–Trinajstić information content (AvgIpc) is 2.67. The first kappa shape index (κ1) is 19.5. The van der Waals surface area contributed by atoms with Gasteiger partial charge in [-0.1, -0.05) is 44.6 Å². The van der Waals surface area contributed by atoms with Crippen molar-refractivity contribution in [2.45, 2.75) is 38.5 Å². The summed E-state index contributed by atoms with van der Waals surface area (Å²) in [5.41, 5.74) is -0.319. The predicted molar refractivity (Wildman–Crippen MR) is 97.8 cm³/mol. The summed E-state index contributed by atoms with van der Waals surface area (Å²) in [4.78, 5) is 0. The predicted octanol–water partition coefficient (Wildman–Crippen LogP) is 6.77. The maximum absolute atomic E-state index is 14.7. The highest BCUT2D eigenvalue weighted by Gasteiger charge is 2.26. The van der Waals surface area contributed by atoms with Gasteiger partial charge in [0, 0.05) is 11.1 Å². The van der Waals surface area contributed by atoms with Crippen molar-refractivity contribution in [1.29, 1.82) is 0 Å². The van der Waals surface area contributed by atoms with E-state index in [4.69, 9.17) is 4.74 Å². The highest BCUT2D eigenvalue weighted by molar-refractivity contribution is 5.66. The molecule has 0 atom stereocenters. The van der Waals surface area contributed by atoms with Crippen LogP contribution in [0.5, 0.6) is 5.75 Å². The second-order valence-corrected chi connectivity index (χ2v) is 7.13. The van der Waals surface area contributed by atoms with Gasteiger partial charge in [0.2, 0.25) is 5.82 Å². The Kier molecular flexibility index (Phi) is 5.88. The molecule has 0 spiro atoms. The number of rotatable bonds is 5. The quantitative estimate of drug-likeness (QED) is 0.412. The Bertz CT molecular complexity index is 839. The van der Waals surface area contributed by atoms with E-state index in [0.29, 0.717) is 11.5 Å². The molecular formula is C22H22F4O. The lowest BCUT2D eigenvalue weighted by Crippen LogP contribution is -2.13. The molecule has 0 aromatic heterocycles. The largest absolute Gasteiger partial charge is 0.486 e. The molecule has 0 saturated heterocycles. The van der Waals surface area contributed by atoms with Crippen LogP contribution in [0.15, 0.2) is 36.9 Å². The van der Waals surface area contributed by atoms with E-state index in [9.17, 15) is 17.6 Å². The van der Waals surface area contributed by atoms with Gasteiger partial charge in [-0.2, -0.15) is 4.39 Å². The first-order chi connectivity index (χ1) is 12.9. The fourth-order valence-electron chi connectivity index (χ4n) is 3.66. The molecule has 0 heterocycles. The van der Waals surface area contributed by atoms with E-state index in [1.807, 2.05) is 0 Å². The number of ether oxygens (including phenoxy) is 1. The molecule has 0 radical (unpaired) electrons. The van der Waals surface area contributed by atoms with Gasteiger partial charge in [-0.25, -0.2) is 13.2 Å². The number of halogens is 4. The third-order valence-electron chi connectivity index (χ3n) is 5.26. The topological polar surface area (TPSA) is 9.23 Å². The fraction of sp³-hybridized carbons (Fsp3) is 0.364. The molecule has 0 amide bonds. The minimum Gasteiger partial charge on any atom is -0.486 e. The lowest BCUT2D eigenvalue weighted by molar-refractivity contribution is 0.333. The molecule has 0 aliphatic heterocycles. The van der Waals surface area contributed by atoms with Crippen molar-refractivity contribution in [1.82, 2.24) is 0 Å². The summed E-state index contributed by atoms with van der Waals surface area (Å²) in [6, 6.07) is 5.21. The first-order valence-electron chi connectivity index (χ1n) is 9.14. The van der Waals surface area contributed by atoms with Crippen LogP contribution in [-0.2, 0) is 0 Å². The summed E-state index contributed by atoms with van der Waals surface area (Å²) in [7, 11) is 0. The molecule has 2 aromatic rings. The normalized spacial score (nSPS) is 19.7. The lowest BCUT2D eigenvalue weighted by Gasteiger charge is -2.27. The van der Waals surface area contributed by atoms with Crippen LogP contribution in [0.3, 0.4) is 0 Å².